The Morgan fingerprint density at radius 2 is 1.84 bits per heavy atom. The van der Waals surface area contributed by atoms with Gasteiger partial charge in [-0.3, -0.25) is 4.79 Å². The number of hydrogen-bond donors (Lipinski definition) is 2. The summed E-state index contributed by atoms with van der Waals surface area (Å²) in [5.41, 5.74) is 4.23. The summed E-state index contributed by atoms with van der Waals surface area (Å²) in [5.74, 6) is 2.79. The molecule has 0 unspecified atom stereocenters. The van der Waals surface area contributed by atoms with Crippen molar-refractivity contribution in [1.29, 1.82) is 0 Å². The number of fused-ring (bicyclic) bond motifs is 1. The number of nitrogens with zero attached hydrogens (tertiary/aromatic N) is 3. The maximum Gasteiger partial charge on any atom is 0.251 e. The Morgan fingerprint density at radius 3 is 2.59 bits per heavy atom. The number of hydrogen-bond acceptors (Lipinski definition) is 5. The quantitative estimate of drug-likeness (QED) is 0.296. The number of anilines is 1. The molecule has 0 radical (unpaired) electrons. The topological polar surface area (TPSA) is 80.6 Å². The second-order valence-electron chi connectivity index (χ2n) is 10.4. The van der Waals surface area contributed by atoms with Gasteiger partial charge in [-0.1, -0.05) is 49.6 Å². The number of aromatic nitrogens is 3. The van der Waals surface area contributed by atoms with Crippen LogP contribution in [0.1, 0.15) is 60.9 Å². The lowest BCUT2D eigenvalue weighted by Gasteiger charge is -2.22. The SMILES string of the molecule is Cc1cc(-c2cnn3c(NCC4CCCCC4)cc(Oc4ccccc4)nc23)ccc1C(=O)NC1CC1. The van der Waals surface area contributed by atoms with E-state index in [-0.39, 0.29) is 5.91 Å². The monoisotopic (exact) mass is 495 g/mol. The molecule has 2 aliphatic rings. The second-order valence-corrected chi connectivity index (χ2v) is 10.4. The van der Waals surface area contributed by atoms with E-state index in [9.17, 15) is 4.79 Å². The van der Waals surface area contributed by atoms with Crippen molar-refractivity contribution < 1.29 is 9.53 Å². The molecule has 2 N–H and O–H groups in total. The molecular formula is C30H33N5O2. The first kappa shape index (κ1) is 23.5. The predicted octanol–water partition coefficient (Wildman–Crippen LogP) is 6.38. The van der Waals surface area contributed by atoms with E-state index in [1.165, 1.54) is 32.1 Å². The Balaban J connectivity index is 1.34. The summed E-state index contributed by atoms with van der Waals surface area (Å²) >= 11 is 0. The minimum absolute atomic E-state index is 0.00251. The van der Waals surface area contributed by atoms with E-state index >= 15 is 0 Å². The van der Waals surface area contributed by atoms with Crippen LogP contribution in [0.4, 0.5) is 5.82 Å². The van der Waals surface area contributed by atoms with E-state index in [1.54, 1.807) is 0 Å². The molecule has 7 heteroatoms. The van der Waals surface area contributed by atoms with Gasteiger partial charge in [-0.2, -0.15) is 14.6 Å². The molecule has 2 aromatic heterocycles. The molecule has 6 rings (SSSR count). The predicted molar refractivity (Wildman–Crippen MR) is 145 cm³/mol. The fraction of sp³-hybridized carbons (Fsp3) is 0.367. The van der Waals surface area contributed by atoms with Gasteiger partial charge in [0.1, 0.15) is 11.6 Å². The van der Waals surface area contributed by atoms with Crippen LogP contribution in [0.3, 0.4) is 0 Å². The first-order valence-electron chi connectivity index (χ1n) is 13.4. The van der Waals surface area contributed by atoms with Crippen LogP contribution < -0.4 is 15.4 Å². The lowest BCUT2D eigenvalue weighted by atomic mass is 9.89. The fourth-order valence-corrected chi connectivity index (χ4v) is 5.15. The number of ether oxygens (including phenoxy) is 1. The average Bonchev–Trinajstić information content (AvgIpc) is 3.63. The minimum atomic E-state index is -0.00251. The zero-order valence-corrected chi connectivity index (χ0v) is 21.2. The van der Waals surface area contributed by atoms with Gasteiger partial charge < -0.3 is 15.4 Å². The Labute approximate surface area is 217 Å². The van der Waals surface area contributed by atoms with Crippen LogP contribution in [0.2, 0.25) is 0 Å². The Kier molecular flexibility index (Phi) is 6.51. The molecular weight excluding hydrogens is 462 g/mol. The number of rotatable bonds is 8. The third kappa shape index (κ3) is 5.31. The Morgan fingerprint density at radius 1 is 1.03 bits per heavy atom. The summed E-state index contributed by atoms with van der Waals surface area (Å²) in [7, 11) is 0. The van der Waals surface area contributed by atoms with Crippen LogP contribution in [0.15, 0.2) is 60.8 Å². The third-order valence-electron chi connectivity index (χ3n) is 7.41. The number of carbonyl (C=O) groups is 1. The lowest BCUT2D eigenvalue weighted by Crippen LogP contribution is -2.26. The van der Waals surface area contributed by atoms with Crippen LogP contribution in [-0.2, 0) is 0 Å². The maximum atomic E-state index is 12.6. The molecule has 0 atom stereocenters. The van der Waals surface area contributed by atoms with Crippen molar-refractivity contribution in [1.82, 2.24) is 19.9 Å². The zero-order valence-electron chi connectivity index (χ0n) is 21.2. The molecule has 2 saturated carbocycles. The maximum absolute atomic E-state index is 12.6. The highest BCUT2D eigenvalue weighted by Crippen LogP contribution is 2.32. The van der Waals surface area contributed by atoms with Crippen molar-refractivity contribution in [3.05, 3.63) is 71.9 Å². The fourth-order valence-electron chi connectivity index (χ4n) is 5.15. The van der Waals surface area contributed by atoms with E-state index in [0.29, 0.717) is 29.1 Å². The van der Waals surface area contributed by atoms with Crippen LogP contribution in [0, 0.1) is 12.8 Å². The van der Waals surface area contributed by atoms with Crippen molar-refractivity contribution in [3.8, 4) is 22.8 Å². The van der Waals surface area contributed by atoms with Gasteiger partial charge in [0.2, 0.25) is 5.88 Å². The van der Waals surface area contributed by atoms with Crippen molar-refractivity contribution in [2.45, 2.75) is 57.9 Å². The molecule has 0 saturated heterocycles. The zero-order chi connectivity index (χ0) is 25.2. The van der Waals surface area contributed by atoms with Crippen molar-refractivity contribution in [3.63, 3.8) is 0 Å². The van der Waals surface area contributed by atoms with Gasteiger partial charge in [-0.05, 0) is 67.9 Å². The largest absolute Gasteiger partial charge is 0.439 e. The molecule has 2 fully saturated rings. The molecule has 1 amide bonds. The first-order chi connectivity index (χ1) is 18.1. The van der Waals surface area contributed by atoms with E-state index < -0.39 is 0 Å². The number of aryl methyl sites for hydroxylation is 1. The smallest absolute Gasteiger partial charge is 0.251 e. The molecule has 0 bridgehead atoms. The van der Waals surface area contributed by atoms with Gasteiger partial charge in [-0.25, -0.2) is 0 Å². The van der Waals surface area contributed by atoms with Crippen LogP contribution >= 0.6 is 0 Å². The first-order valence-corrected chi connectivity index (χ1v) is 13.4. The highest BCUT2D eigenvalue weighted by atomic mass is 16.5. The van der Waals surface area contributed by atoms with Crippen molar-refractivity contribution in [2.24, 2.45) is 5.92 Å². The molecule has 4 aromatic rings. The highest BCUT2D eigenvalue weighted by molar-refractivity contribution is 5.97. The third-order valence-corrected chi connectivity index (χ3v) is 7.41. The molecule has 2 aromatic carbocycles. The summed E-state index contributed by atoms with van der Waals surface area (Å²) in [4.78, 5) is 17.5. The standard InChI is InChI=1S/C30H33N5O2/c1-20-16-22(12-15-25(20)30(36)33-23-13-14-23)26-19-32-35-27(31-18-21-8-4-2-5-9-21)17-28(34-29(26)35)37-24-10-6-3-7-11-24/h3,6-7,10-12,15-17,19,21,23,31H,2,4-5,8-9,13-14,18H2,1H3,(H,33,36). The van der Waals surface area contributed by atoms with Crippen LogP contribution in [0.25, 0.3) is 16.8 Å². The summed E-state index contributed by atoms with van der Waals surface area (Å²) < 4.78 is 8.01. The summed E-state index contributed by atoms with van der Waals surface area (Å²) in [6.45, 7) is 2.88. The van der Waals surface area contributed by atoms with Gasteiger partial charge in [0.15, 0.2) is 5.65 Å². The number of amides is 1. The average molecular weight is 496 g/mol. The van der Waals surface area contributed by atoms with Crippen molar-refractivity contribution >= 4 is 17.4 Å². The number of para-hydroxylation sites is 1. The van der Waals surface area contributed by atoms with Gasteiger partial charge in [-0.15, -0.1) is 0 Å². The Hall–Kier alpha value is -3.87. The summed E-state index contributed by atoms with van der Waals surface area (Å²) in [6.07, 6.45) is 10.5. The molecule has 7 nitrogen and oxygen atoms in total. The van der Waals surface area contributed by atoms with E-state index in [0.717, 1.165) is 47.6 Å². The molecule has 0 spiro atoms. The van der Waals surface area contributed by atoms with Crippen LogP contribution in [0.5, 0.6) is 11.6 Å². The second kappa shape index (κ2) is 10.2. The molecule has 2 heterocycles. The molecule has 0 aliphatic heterocycles. The van der Waals surface area contributed by atoms with E-state index in [1.807, 2.05) is 72.2 Å². The van der Waals surface area contributed by atoms with Gasteiger partial charge in [0.25, 0.3) is 5.91 Å². The lowest BCUT2D eigenvalue weighted by molar-refractivity contribution is 0.0950. The molecule has 37 heavy (non-hydrogen) atoms. The number of nitrogens with one attached hydrogen (secondary N) is 2. The van der Waals surface area contributed by atoms with Gasteiger partial charge in [0, 0.05) is 29.8 Å². The molecule has 2 aliphatic carbocycles. The number of carbonyl (C=O) groups excluding carboxylic acids is 1. The van der Waals surface area contributed by atoms with Crippen LogP contribution in [-0.4, -0.2) is 33.1 Å². The van der Waals surface area contributed by atoms with E-state index in [2.05, 4.69) is 10.6 Å². The van der Waals surface area contributed by atoms with Crippen molar-refractivity contribution in [2.75, 3.05) is 11.9 Å². The Bertz CT molecular complexity index is 1400. The number of benzene rings is 2. The van der Waals surface area contributed by atoms with Gasteiger partial charge in [0.05, 0.1) is 6.20 Å². The minimum Gasteiger partial charge on any atom is -0.439 e. The van der Waals surface area contributed by atoms with Gasteiger partial charge >= 0.3 is 0 Å². The molecule has 190 valence electrons. The summed E-state index contributed by atoms with van der Waals surface area (Å²) in [5, 5.41) is 11.4. The highest BCUT2D eigenvalue weighted by Gasteiger charge is 2.25. The summed E-state index contributed by atoms with van der Waals surface area (Å²) in [6, 6.07) is 17.9. The normalized spacial score (nSPS) is 16.0. The van der Waals surface area contributed by atoms with E-state index in [4.69, 9.17) is 14.8 Å².